The molecule has 0 saturated carbocycles. The maximum atomic E-state index is 9.97. The summed E-state index contributed by atoms with van der Waals surface area (Å²) in [5.41, 5.74) is 6.93. The van der Waals surface area contributed by atoms with Crippen LogP contribution in [0.15, 0.2) is 104 Å². The predicted octanol–water partition coefficient (Wildman–Crippen LogP) is 5.60. The van der Waals surface area contributed by atoms with Gasteiger partial charge in [-0.1, -0.05) is 60.7 Å². The molecule has 0 saturated heterocycles. The molecule has 8 heteroatoms. The van der Waals surface area contributed by atoms with Gasteiger partial charge in [0.2, 0.25) is 5.95 Å². The summed E-state index contributed by atoms with van der Waals surface area (Å²) in [7, 11) is 0. The Morgan fingerprint density at radius 2 is 1.71 bits per heavy atom. The third-order valence-corrected chi connectivity index (χ3v) is 6.48. The van der Waals surface area contributed by atoms with Gasteiger partial charge in [0, 0.05) is 23.4 Å². The van der Waals surface area contributed by atoms with E-state index in [0.717, 1.165) is 39.0 Å². The molecule has 0 radical (unpaired) electrons. The molecule has 1 atom stereocenters. The van der Waals surface area contributed by atoms with Crippen LogP contribution in [0.2, 0.25) is 0 Å². The van der Waals surface area contributed by atoms with Gasteiger partial charge in [0.25, 0.3) is 0 Å². The highest BCUT2D eigenvalue weighted by molar-refractivity contribution is 5.82. The van der Waals surface area contributed by atoms with E-state index in [1.54, 1.807) is 12.5 Å². The van der Waals surface area contributed by atoms with E-state index in [0.29, 0.717) is 17.5 Å². The molecule has 3 heterocycles. The molecule has 0 bridgehead atoms. The molecular weight excluding hydrogens is 474 g/mol. The largest absolute Gasteiger partial charge is 0.392 e. The first-order valence-electron chi connectivity index (χ1n) is 12.3. The van der Waals surface area contributed by atoms with E-state index in [1.807, 2.05) is 83.4 Å². The zero-order valence-electron chi connectivity index (χ0n) is 20.7. The number of imidazole rings is 1. The van der Waals surface area contributed by atoms with E-state index in [2.05, 4.69) is 39.6 Å². The quantitative estimate of drug-likeness (QED) is 0.295. The number of hydrogen-bond acceptors (Lipinski definition) is 7. The first-order valence-corrected chi connectivity index (χ1v) is 12.3. The van der Waals surface area contributed by atoms with E-state index in [4.69, 9.17) is 9.97 Å². The molecule has 0 aliphatic carbocycles. The lowest BCUT2D eigenvalue weighted by molar-refractivity contribution is 0.282. The predicted molar refractivity (Wildman–Crippen MR) is 148 cm³/mol. The second-order valence-corrected chi connectivity index (χ2v) is 8.95. The van der Waals surface area contributed by atoms with Gasteiger partial charge in [-0.05, 0) is 42.3 Å². The molecule has 0 fully saturated rings. The monoisotopic (exact) mass is 499 g/mol. The van der Waals surface area contributed by atoms with Crippen LogP contribution in [0.3, 0.4) is 0 Å². The van der Waals surface area contributed by atoms with Crippen LogP contribution in [0.4, 0.5) is 5.95 Å². The molecule has 6 rings (SSSR count). The lowest BCUT2D eigenvalue weighted by Crippen LogP contribution is -2.11. The topological polar surface area (TPSA) is 102 Å². The Morgan fingerprint density at radius 3 is 2.53 bits per heavy atom. The first-order chi connectivity index (χ1) is 18.7. The zero-order valence-corrected chi connectivity index (χ0v) is 20.7. The minimum atomic E-state index is -0.0855. The van der Waals surface area contributed by atoms with Crippen LogP contribution < -0.4 is 5.32 Å². The molecule has 186 valence electrons. The fraction of sp³-hybridized carbons (Fsp3) is 0.100. The number of aromatic nitrogens is 6. The summed E-state index contributed by atoms with van der Waals surface area (Å²) < 4.78 is 1.95. The Bertz CT molecular complexity index is 1700. The van der Waals surface area contributed by atoms with Crippen LogP contribution in [0, 0.1) is 0 Å². The molecule has 0 aliphatic rings. The van der Waals surface area contributed by atoms with E-state index < -0.39 is 0 Å². The molecular formula is C30H25N7O. The van der Waals surface area contributed by atoms with Crippen molar-refractivity contribution in [2.75, 3.05) is 5.32 Å². The number of anilines is 1. The number of benzene rings is 3. The van der Waals surface area contributed by atoms with Crippen molar-refractivity contribution < 1.29 is 5.11 Å². The minimum absolute atomic E-state index is 0.0125. The highest BCUT2D eigenvalue weighted by Gasteiger charge is 2.15. The van der Waals surface area contributed by atoms with Crippen LogP contribution in [0.1, 0.15) is 24.1 Å². The van der Waals surface area contributed by atoms with E-state index in [9.17, 15) is 5.11 Å². The first kappa shape index (κ1) is 23.4. The summed E-state index contributed by atoms with van der Waals surface area (Å²) in [4.78, 5) is 14.4. The Labute approximate surface area is 219 Å². The third kappa shape index (κ3) is 4.60. The van der Waals surface area contributed by atoms with E-state index in [-0.39, 0.29) is 12.6 Å². The van der Waals surface area contributed by atoms with E-state index in [1.165, 1.54) is 0 Å². The van der Waals surface area contributed by atoms with Crippen molar-refractivity contribution >= 4 is 17.0 Å². The molecule has 8 nitrogen and oxygen atoms in total. The van der Waals surface area contributed by atoms with Gasteiger partial charge in [-0.25, -0.2) is 9.97 Å². The van der Waals surface area contributed by atoms with Crippen molar-refractivity contribution in [3.63, 3.8) is 0 Å². The van der Waals surface area contributed by atoms with Crippen LogP contribution >= 0.6 is 0 Å². The van der Waals surface area contributed by atoms with E-state index >= 15 is 0 Å². The molecule has 6 aromatic rings. The highest BCUT2D eigenvalue weighted by Crippen LogP contribution is 2.29. The van der Waals surface area contributed by atoms with Crippen LogP contribution in [-0.2, 0) is 6.61 Å². The number of rotatable bonds is 7. The lowest BCUT2D eigenvalue weighted by Gasteiger charge is -2.17. The Morgan fingerprint density at radius 1 is 0.868 bits per heavy atom. The fourth-order valence-electron chi connectivity index (χ4n) is 4.50. The van der Waals surface area contributed by atoms with Crippen molar-refractivity contribution in [2.45, 2.75) is 19.6 Å². The number of nitrogens with one attached hydrogen (secondary N) is 1. The third-order valence-electron chi connectivity index (χ3n) is 6.48. The molecule has 0 aliphatic heterocycles. The molecule has 0 spiro atoms. The number of fused-ring (bicyclic) bond motifs is 1. The number of nitrogens with zero attached hydrogens (tertiary/aromatic N) is 6. The zero-order chi connectivity index (χ0) is 25.9. The normalized spacial score (nSPS) is 11.9. The van der Waals surface area contributed by atoms with Crippen LogP contribution in [0.25, 0.3) is 39.4 Å². The second-order valence-electron chi connectivity index (χ2n) is 8.95. The average molecular weight is 500 g/mol. The maximum Gasteiger partial charge on any atom is 0.225 e. The highest BCUT2D eigenvalue weighted by atomic mass is 16.3. The summed E-state index contributed by atoms with van der Waals surface area (Å²) in [5.74, 6) is 1.15. The van der Waals surface area contributed by atoms with Gasteiger partial charge in [0.05, 0.1) is 35.1 Å². The number of aliphatic hydroxyl groups excluding tert-OH is 1. The number of aliphatic hydroxyl groups is 1. The summed E-state index contributed by atoms with van der Waals surface area (Å²) >= 11 is 0. The van der Waals surface area contributed by atoms with Gasteiger partial charge in [-0.3, -0.25) is 4.57 Å². The van der Waals surface area contributed by atoms with Gasteiger partial charge < -0.3 is 10.4 Å². The van der Waals surface area contributed by atoms with Crippen LogP contribution in [-0.4, -0.2) is 34.8 Å². The van der Waals surface area contributed by atoms with Crippen molar-refractivity contribution in [1.82, 2.24) is 29.7 Å². The van der Waals surface area contributed by atoms with Gasteiger partial charge in [-0.2, -0.15) is 15.2 Å². The summed E-state index contributed by atoms with van der Waals surface area (Å²) in [5, 5.41) is 21.6. The molecule has 3 aromatic heterocycles. The lowest BCUT2D eigenvalue weighted by atomic mass is 10.0. The summed E-state index contributed by atoms with van der Waals surface area (Å²) in [6.07, 6.45) is 3.42. The smallest absolute Gasteiger partial charge is 0.225 e. The fourth-order valence-corrected chi connectivity index (χ4v) is 4.50. The second kappa shape index (κ2) is 10.2. The standard InChI is InChI=1S/C30H25N7O/c1-20(21-8-3-2-4-9-21)33-30-34-26(24-11-6-5-10-23(24)18-38)17-29(35-30)37-19-31-27-16-22(13-14-28(27)37)25-12-7-15-32-36-25/h2-17,19-20,38H,18H2,1H3,(H,33,34,35). The molecule has 2 N–H and O–H groups in total. The summed E-state index contributed by atoms with van der Waals surface area (Å²) in [6, 6.07) is 29.6. The van der Waals surface area contributed by atoms with Crippen molar-refractivity contribution in [1.29, 1.82) is 0 Å². The molecule has 3 aromatic carbocycles. The van der Waals surface area contributed by atoms with Gasteiger partial charge in [0.1, 0.15) is 12.1 Å². The minimum Gasteiger partial charge on any atom is -0.392 e. The molecule has 1 unspecified atom stereocenters. The van der Waals surface area contributed by atoms with Crippen LogP contribution in [0.5, 0.6) is 0 Å². The van der Waals surface area contributed by atoms with Gasteiger partial charge >= 0.3 is 0 Å². The molecule has 0 amide bonds. The van der Waals surface area contributed by atoms with Crippen molar-refractivity contribution in [3.8, 4) is 28.3 Å². The summed E-state index contributed by atoms with van der Waals surface area (Å²) in [6.45, 7) is 1.99. The number of hydrogen-bond donors (Lipinski definition) is 2. The van der Waals surface area contributed by atoms with Crippen molar-refractivity contribution in [2.24, 2.45) is 0 Å². The van der Waals surface area contributed by atoms with Gasteiger partial charge in [-0.15, -0.1) is 0 Å². The Kier molecular flexibility index (Phi) is 6.29. The van der Waals surface area contributed by atoms with Gasteiger partial charge in [0.15, 0.2) is 0 Å². The Hall–Kier alpha value is -4.95. The molecule has 38 heavy (non-hydrogen) atoms. The Balaban J connectivity index is 1.45. The average Bonchev–Trinajstić information content (AvgIpc) is 3.41. The van der Waals surface area contributed by atoms with Crippen molar-refractivity contribution in [3.05, 3.63) is 115 Å². The SMILES string of the molecule is CC(Nc1nc(-c2ccccc2CO)cc(-n2cnc3cc(-c4cccnn4)ccc32)n1)c1ccccc1. The maximum absolute atomic E-state index is 9.97.